The Balaban J connectivity index is 1.76. The molecule has 0 aliphatic carbocycles. The monoisotopic (exact) mass is 387 g/mol. The summed E-state index contributed by atoms with van der Waals surface area (Å²) in [6, 6.07) is 20.9. The van der Waals surface area contributed by atoms with Crippen molar-refractivity contribution in [1.82, 2.24) is 0 Å². The van der Waals surface area contributed by atoms with Crippen molar-refractivity contribution >= 4 is 22.6 Å². The van der Waals surface area contributed by atoms with Crippen LogP contribution in [-0.4, -0.2) is 11.0 Å². The van der Waals surface area contributed by atoms with Crippen LogP contribution in [0, 0.1) is 0 Å². The van der Waals surface area contributed by atoms with Crippen LogP contribution in [0.3, 0.4) is 0 Å². The maximum Gasteiger partial charge on any atom is 0.235 e. The smallest absolute Gasteiger partial charge is 0.235 e. The van der Waals surface area contributed by atoms with Gasteiger partial charge in [-0.1, -0.05) is 30.3 Å². The van der Waals surface area contributed by atoms with Gasteiger partial charge in [-0.05, 0) is 42.5 Å². The van der Waals surface area contributed by atoms with E-state index in [1.165, 1.54) is 13.0 Å². The first-order valence-corrected chi connectivity index (χ1v) is 8.92. The summed E-state index contributed by atoms with van der Waals surface area (Å²) in [5, 5.41) is 13.2. The van der Waals surface area contributed by atoms with Crippen LogP contribution in [0.1, 0.15) is 6.92 Å². The second kappa shape index (κ2) is 7.52. The molecule has 144 valence electrons. The van der Waals surface area contributed by atoms with E-state index in [0.717, 1.165) is 0 Å². The number of rotatable bonds is 4. The third kappa shape index (κ3) is 3.82. The van der Waals surface area contributed by atoms with Crippen LogP contribution in [0.25, 0.3) is 22.3 Å². The number of benzene rings is 3. The highest BCUT2D eigenvalue weighted by molar-refractivity contribution is 5.92. The standard InChI is InChI=1S/C23H17NO5/c1-14(25)24-16-10-11-20-19(13-16)21(26)22(27)23(29-20)15-6-5-9-18(12-15)28-17-7-3-2-4-8-17/h2-13,27H,1H3,(H,24,25). The van der Waals surface area contributed by atoms with Gasteiger partial charge in [-0.2, -0.15) is 0 Å². The number of anilines is 1. The zero-order chi connectivity index (χ0) is 20.4. The van der Waals surface area contributed by atoms with Gasteiger partial charge in [0.1, 0.15) is 17.1 Å². The lowest BCUT2D eigenvalue weighted by atomic mass is 10.1. The molecule has 0 fully saturated rings. The summed E-state index contributed by atoms with van der Waals surface area (Å²) in [4.78, 5) is 23.9. The third-order valence-corrected chi connectivity index (χ3v) is 4.26. The topological polar surface area (TPSA) is 88.8 Å². The van der Waals surface area contributed by atoms with Crippen molar-refractivity contribution in [2.45, 2.75) is 6.92 Å². The van der Waals surface area contributed by atoms with Crippen molar-refractivity contribution in [2.75, 3.05) is 5.32 Å². The fourth-order valence-electron chi connectivity index (χ4n) is 2.99. The van der Waals surface area contributed by atoms with Gasteiger partial charge >= 0.3 is 0 Å². The summed E-state index contributed by atoms with van der Waals surface area (Å²) in [7, 11) is 0. The molecule has 0 aliphatic heterocycles. The van der Waals surface area contributed by atoms with Crippen molar-refractivity contribution in [3.63, 3.8) is 0 Å². The van der Waals surface area contributed by atoms with E-state index < -0.39 is 11.2 Å². The van der Waals surface area contributed by atoms with Crippen molar-refractivity contribution in [2.24, 2.45) is 0 Å². The minimum Gasteiger partial charge on any atom is -0.502 e. The Kier molecular flexibility index (Phi) is 4.75. The third-order valence-electron chi connectivity index (χ3n) is 4.26. The molecule has 1 heterocycles. The van der Waals surface area contributed by atoms with Crippen molar-refractivity contribution in [3.8, 4) is 28.6 Å². The number of ether oxygens (including phenoxy) is 1. The second-order valence-electron chi connectivity index (χ2n) is 6.44. The van der Waals surface area contributed by atoms with E-state index in [1.54, 1.807) is 36.4 Å². The Morgan fingerprint density at radius 1 is 0.966 bits per heavy atom. The molecule has 0 unspecified atom stereocenters. The largest absolute Gasteiger partial charge is 0.502 e. The molecule has 0 saturated carbocycles. The zero-order valence-electron chi connectivity index (χ0n) is 15.5. The Hall–Kier alpha value is -4.06. The SMILES string of the molecule is CC(=O)Nc1ccc2oc(-c3cccc(Oc4ccccc4)c3)c(O)c(=O)c2c1. The first-order valence-electron chi connectivity index (χ1n) is 8.92. The highest BCUT2D eigenvalue weighted by Crippen LogP contribution is 2.33. The average Bonchev–Trinajstić information content (AvgIpc) is 2.71. The van der Waals surface area contributed by atoms with E-state index in [4.69, 9.17) is 9.15 Å². The lowest BCUT2D eigenvalue weighted by molar-refractivity contribution is -0.114. The van der Waals surface area contributed by atoms with Gasteiger partial charge in [0.25, 0.3) is 0 Å². The normalized spacial score (nSPS) is 10.7. The molecule has 0 aliphatic rings. The highest BCUT2D eigenvalue weighted by atomic mass is 16.5. The first kappa shape index (κ1) is 18.3. The molecule has 0 spiro atoms. The minimum absolute atomic E-state index is 0.0493. The number of para-hydroxylation sites is 1. The van der Waals surface area contributed by atoms with Gasteiger partial charge in [-0.3, -0.25) is 9.59 Å². The predicted octanol–water partition coefficient (Wildman–Crippen LogP) is 4.92. The van der Waals surface area contributed by atoms with Gasteiger partial charge in [-0.25, -0.2) is 0 Å². The van der Waals surface area contributed by atoms with E-state index in [1.807, 2.05) is 30.3 Å². The minimum atomic E-state index is -0.581. The molecule has 4 rings (SSSR count). The molecule has 29 heavy (non-hydrogen) atoms. The van der Waals surface area contributed by atoms with Crippen LogP contribution in [0.2, 0.25) is 0 Å². The van der Waals surface area contributed by atoms with Crippen molar-refractivity contribution in [1.29, 1.82) is 0 Å². The number of amides is 1. The number of aromatic hydroxyl groups is 1. The number of hydrogen-bond donors (Lipinski definition) is 2. The number of hydrogen-bond acceptors (Lipinski definition) is 5. The Morgan fingerprint density at radius 2 is 1.72 bits per heavy atom. The molecule has 0 radical (unpaired) electrons. The number of fused-ring (bicyclic) bond motifs is 1. The molecule has 4 aromatic rings. The first-order chi connectivity index (χ1) is 14.0. The van der Waals surface area contributed by atoms with Crippen LogP contribution in [0.15, 0.2) is 82.0 Å². The van der Waals surface area contributed by atoms with Gasteiger partial charge in [0.2, 0.25) is 17.1 Å². The molecular weight excluding hydrogens is 370 g/mol. The summed E-state index contributed by atoms with van der Waals surface area (Å²) in [5.41, 5.74) is 0.665. The molecule has 3 aromatic carbocycles. The summed E-state index contributed by atoms with van der Waals surface area (Å²) >= 11 is 0. The molecule has 1 aromatic heterocycles. The van der Waals surface area contributed by atoms with Crippen LogP contribution in [0.4, 0.5) is 5.69 Å². The molecule has 0 saturated heterocycles. The van der Waals surface area contributed by atoms with E-state index in [9.17, 15) is 14.7 Å². The van der Waals surface area contributed by atoms with E-state index >= 15 is 0 Å². The van der Waals surface area contributed by atoms with E-state index in [-0.39, 0.29) is 17.1 Å². The molecule has 0 bridgehead atoms. The lowest BCUT2D eigenvalue weighted by Gasteiger charge is -2.10. The van der Waals surface area contributed by atoms with Crippen molar-refractivity contribution in [3.05, 3.63) is 83.0 Å². The predicted molar refractivity (Wildman–Crippen MR) is 110 cm³/mol. The number of nitrogens with one attached hydrogen (secondary N) is 1. The molecule has 6 heteroatoms. The Labute approximate surface area is 166 Å². The van der Waals surface area contributed by atoms with Crippen LogP contribution in [0.5, 0.6) is 17.2 Å². The second-order valence-corrected chi connectivity index (χ2v) is 6.44. The summed E-state index contributed by atoms with van der Waals surface area (Å²) in [5.74, 6) is 0.489. The highest BCUT2D eigenvalue weighted by Gasteiger charge is 2.16. The van der Waals surface area contributed by atoms with Gasteiger partial charge in [0.05, 0.1) is 5.39 Å². The summed E-state index contributed by atoms with van der Waals surface area (Å²) in [6.45, 7) is 1.37. The van der Waals surface area contributed by atoms with Gasteiger partial charge < -0.3 is 19.6 Å². The number of carbonyl (C=O) groups is 1. The fraction of sp³-hybridized carbons (Fsp3) is 0.0435. The maximum atomic E-state index is 12.7. The Bertz CT molecular complexity index is 1260. The Morgan fingerprint density at radius 3 is 2.48 bits per heavy atom. The summed E-state index contributed by atoms with van der Waals surface area (Å²) < 4.78 is 11.6. The molecule has 1 amide bonds. The molecule has 6 nitrogen and oxygen atoms in total. The van der Waals surface area contributed by atoms with Crippen molar-refractivity contribution < 1.29 is 19.1 Å². The maximum absolute atomic E-state index is 12.7. The molecule has 0 atom stereocenters. The average molecular weight is 387 g/mol. The quantitative estimate of drug-likeness (QED) is 0.519. The van der Waals surface area contributed by atoms with E-state index in [2.05, 4.69) is 5.32 Å². The summed E-state index contributed by atoms with van der Waals surface area (Å²) in [6.07, 6.45) is 0. The van der Waals surface area contributed by atoms with Gasteiger partial charge in [0.15, 0.2) is 5.76 Å². The molecule has 2 N–H and O–H groups in total. The lowest BCUT2D eigenvalue weighted by Crippen LogP contribution is -2.07. The number of carbonyl (C=O) groups excluding carboxylic acids is 1. The van der Waals surface area contributed by atoms with E-state index in [0.29, 0.717) is 28.3 Å². The van der Waals surface area contributed by atoms with Crippen LogP contribution < -0.4 is 15.5 Å². The fourth-order valence-corrected chi connectivity index (χ4v) is 2.99. The van der Waals surface area contributed by atoms with Crippen LogP contribution >= 0.6 is 0 Å². The molecular formula is C23H17NO5. The van der Waals surface area contributed by atoms with Gasteiger partial charge in [-0.15, -0.1) is 0 Å². The van der Waals surface area contributed by atoms with Gasteiger partial charge in [0, 0.05) is 18.2 Å². The zero-order valence-corrected chi connectivity index (χ0v) is 15.5. The van der Waals surface area contributed by atoms with Crippen LogP contribution in [-0.2, 0) is 4.79 Å².